The third kappa shape index (κ3) is 3.87. The SMILES string of the molecule is CCC(NC1CCCCC1C(C)C)C(N)=NO. The summed E-state index contributed by atoms with van der Waals surface area (Å²) in [6, 6.07) is 0.512. The Morgan fingerprint density at radius 1 is 1.41 bits per heavy atom. The van der Waals surface area contributed by atoms with Crippen molar-refractivity contribution in [2.45, 2.75) is 65.0 Å². The van der Waals surface area contributed by atoms with Crippen molar-refractivity contribution in [1.82, 2.24) is 5.32 Å². The van der Waals surface area contributed by atoms with Crippen LogP contribution in [0.25, 0.3) is 0 Å². The first-order chi connectivity index (χ1) is 8.10. The van der Waals surface area contributed by atoms with E-state index in [9.17, 15) is 0 Å². The lowest BCUT2D eigenvalue weighted by Crippen LogP contribution is -2.50. The summed E-state index contributed by atoms with van der Waals surface area (Å²) >= 11 is 0. The Labute approximate surface area is 105 Å². The van der Waals surface area contributed by atoms with E-state index in [2.05, 4.69) is 31.2 Å². The summed E-state index contributed by atoms with van der Waals surface area (Å²) in [6.45, 7) is 6.63. The van der Waals surface area contributed by atoms with Crippen LogP contribution in [0.2, 0.25) is 0 Å². The monoisotopic (exact) mass is 241 g/mol. The Hall–Kier alpha value is -0.770. The highest BCUT2D eigenvalue weighted by atomic mass is 16.4. The molecule has 1 fully saturated rings. The van der Waals surface area contributed by atoms with Gasteiger partial charge in [0.25, 0.3) is 0 Å². The van der Waals surface area contributed by atoms with Gasteiger partial charge in [-0.15, -0.1) is 0 Å². The third-order valence-electron chi connectivity index (χ3n) is 3.97. The molecule has 4 N–H and O–H groups in total. The van der Waals surface area contributed by atoms with Gasteiger partial charge < -0.3 is 16.3 Å². The largest absolute Gasteiger partial charge is 0.409 e. The molecule has 3 unspecified atom stereocenters. The van der Waals surface area contributed by atoms with Crippen molar-refractivity contribution in [3.8, 4) is 0 Å². The molecule has 1 aliphatic carbocycles. The summed E-state index contributed by atoms with van der Waals surface area (Å²) in [5.74, 6) is 1.71. The number of oxime groups is 1. The first kappa shape index (κ1) is 14.3. The fourth-order valence-electron chi connectivity index (χ4n) is 2.90. The van der Waals surface area contributed by atoms with E-state index in [-0.39, 0.29) is 6.04 Å². The van der Waals surface area contributed by atoms with E-state index >= 15 is 0 Å². The summed E-state index contributed by atoms with van der Waals surface area (Å²) < 4.78 is 0. The number of nitrogens with zero attached hydrogens (tertiary/aromatic N) is 1. The van der Waals surface area contributed by atoms with E-state index < -0.39 is 0 Å². The van der Waals surface area contributed by atoms with Gasteiger partial charge >= 0.3 is 0 Å². The smallest absolute Gasteiger partial charge is 0.156 e. The van der Waals surface area contributed by atoms with Crippen LogP contribution < -0.4 is 11.1 Å². The zero-order valence-electron chi connectivity index (χ0n) is 11.3. The van der Waals surface area contributed by atoms with Crippen molar-refractivity contribution in [3.63, 3.8) is 0 Å². The van der Waals surface area contributed by atoms with E-state index in [4.69, 9.17) is 10.9 Å². The van der Waals surface area contributed by atoms with Crippen LogP contribution in [0, 0.1) is 11.8 Å². The molecule has 0 aromatic heterocycles. The molecule has 0 radical (unpaired) electrons. The fraction of sp³-hybridized carbons (Fsp3) is 0.923. The lowest BCUT2D eigenvalue weighted by Gasteiger charge is -2.37. The summed E-state index contributed by atoms with van der Waals surface area (Å²) in [5, 5.41) is 15.5. The number of hydrogen-bond acceptors (Lipinski definition) is 3. The van der Waals surface area contributed by atoms with Gasteiger partial charge in [0, 0.05) is 6.04 Å². The highest BCUT2D eigenvalue weighted by molar-refractivity contribution is 5.85. The first-order valence-corrected chi connectivity index (χ1v) is 6.83. The normalized spacial score (nSPS) is 28.4. The summed E-state index contributed by atoms with van der Waals surface area (Å²) in [5.41, 5.74) is 5.70. The van der Waals surface area contributed by atoms with Crippen LogP contribution in [0.1, 0.15) is 52.9 Å². The minimum atomic E-state index is 0.00403. The molecule has 0 aromatic rings. The molecule has 0 aliphatic heterocycles. The van der Waals surface area contributed by atoms with Gasteiger partial charge in [0.1, 0.15) is 0 Å². The van der Waals surface area contributed by atoms with Gasteiger partial charge in [-0.1, -0.05) is 38.8 Å². The van der Waals surface area contributed by atoms with Gasteiger partial charge in [-0.3, -0.25) is 0 Å². The molecule has 0 bridgehead atoms. The first-order valence-electron chi connectivity index (χ1n) is 6.83. The molecule has 0 heterocycles. The zero-order chi connectivity index (χ0) is 12.8. The molecular weight excluding hydrogens is 214 g/mol. The van der Waals surface area contributed by atoms with Crippen LogP contribution in [0.5, 0.6) is 0 Å². The number of nitrogens with one attached hydrogen (secondary N) is 1. The Morgan fingerprint density at radius 3 is 2.59 bits per heavy atom. The Bertz CT molecular complexity index is 253. The predicted octanol–water partition coefficient (Wildman–Crippen LogP) is 2.32. The Balaban J connectivity index is 2.63. The second-order valence-corrected chi connectivity index (χ2v) is 5.45. The molecular formula is C13H27N3O. The average molecular weight is 241 g/mol. The van der Waals surface area contributed by atoms with Gasteiger partial charge in [-0.05, 0) is 31.1 Å². The Morgan fingerprint density at radius 2 is 2.06 bits per heavy atom. The van der Waals surface area contributed by atoms with E-state index in [0.717, 1.165) is 6.42 Å². The molecule has 0 aromatic carbocycles. The summed E-state index contributed by atoms with van der Waals surface area (Å²) in [4.78, 5) is 0. The number of nitrogens with two attached hydrogens (primary N) is 1. The van der Waals surface area contributed by atoms with Gasteiger partial charge in [0.15, 0.2) is 5.84 Å². The highest BCUT2D eigenvalue weighted by Gasteiger charge is 2.29. The molecule has 1 rings (SSSR count). The van der Waals surface area contributed by atoms with Crippen LogP contribution in [0.4, 0.5) is 0 Å². The average Bonchev–Trinajstić information content (AvgIpc) is 2.35. The van der Waals surface area contributed by atoms with Crippen LogP contribution >= 0.6 is 0 Å². The number of hydrogen-bond donors (Lipinski definition) is 3. The second-order valence-electron chi connectivity index (χ2n) is 5.45. The molecule has 4 nitrogen and oxygen atoms in total. The fourth-order valence-corrected chi connectivity index (χ4v) is 2.90. The minimum absolute atomic E-state index is 0.00403. The van der Waals surface area contributed by atoms with E-state index in [1.807, 2.05) is 0 Å². The van der Waals surface area contributed by atoms with Crippen LogP contribution in [0.15, 0.2) is 5.16 Å². The molecule has 3 atom stereocenters. The van der Waals surface area contributed by atoms with Crippen LogP contribution in [-0.2, 0) is 0 Å². The quantitative estimate of drug-likeness (QED) is 0.299. The van der Waals surface area contributed by atoms with Crippen molar-refractivity contribution in [3.05, 3.63) is 0 Å². The topological polar surface area (TPSA) is 70.6 Å². The van der Waals surface area contributed by atoms with Crippen molar-refractivity contribution in [1.29, 1.82) is 0 Å². The zero-order valence-corrected chi connectivity index (χ0v) is 11.3. The summed E-state index contributed by atoms with van der Waals surface area (Å²) in [7, 11) is 0. The van der Waals surface area contributed by atoms with Gasteiger partial charge in [-0.2, -0.15) is 0 Å². The van der Waals surface area contributed by atoms with E-state index in [1.165, 1.54) is 25.7 Å². The number of rotatable bonds is 5. The standard InChI is InChI=1S/C13H27N3O/c1-4-11(13(14)16-17)15-12-8-6-5-7-10(12)9(2)3/h9-12,15,17H,4-8H2,1-3H3,(H2,14,16). The molecule has 1 aliphatic rings. The van der Waals surface area contributed by atoms with Crippen LogP contribution in [0.3, 0.4) is 0 Å². The van der Waals surface area contributed by atoms with Gasteiger partial charge in [-0.25, -0.2) is 0 Å². The molecule has 0 amide bonds. The van der Waals surface area contributed by atoms with Crippen molar-refractivity contribution in [2.75, 3.05) is 0 Å². The second kappa shape index (κ2) is 6.84. The molecule has 0 saturated heterocycles. The lowest BCUT2D eigenvalue weighted by atomic mass is 9.77. The Kier molecular flexibility index (Phi) is 5.75. The van der Waals surface area contributed by atoms with E-state index in [1.54, 1.807) is 0 Å². The highest BCUT2D eigenvalue weighted by Crippen LogP contribution is 2.30. The maximum atomic E-state index is 8.76. The molecule has 100 valence electrons. The van der Waals surface area contributed by atoms with Gasteiger partial charge in [0.2, 0.25) is 0 Å². The van der Waals surface area contributed by atoms with Gasteiger partial charge in [0.05, 0.1) is 6.04 Å². The maximum absolute atomic E-state index is 8.76. The minimum Gasteiger partial charge on any atom is -0.409 e. The van der Waals surface area contributed by atoms with E-state index in [0.29, 0.717) is 23.7 Å². The van der Waals surface area contributed by atoms with Crippen LogP contribution in [-0.4, -0.2) is 23.1 Å². The van der Waals surface area contributed by atoms with Crippen molar-refractivity contribution < 1.29 is 5.21 Å². The summed E-state index contributed by atoms with van der Waals surface area (Å²) in [6.07, 6.45) is 5.98. The molecule has 0 spiro atoms. The predicted molar refractivity (Wildman–Crippen MR) is 71.2 cm³/mol. The lowest BCUT2D eigenvalue weighted by molar-refractivity contribution is 0.199. The maximum Gasteiger partial charge on any atom is 0.156 e. The molecule has 1 saturated carbocycles. The molecule has 4 heteroatoms. The molecule has 17 heavy (non-hydrogen) atoms. The third-order valence-corrected chi connectivity index (χ3v) is 3.97. The van der Waals surface area contributed by atoms with Crippen molar-refractivity contribution in [2.24, 2.45) is 22.7 Å². The number of amidine groups is 1. The van der Waals surface area contributed by atoms with Crippen molar-refractivity contribution >= 4 is 5.84 Å².